The van der Waals surface area contributed by atoms with Crippen molar-refractivity contribution in [1.29, 1.82) is 0 Å². The van der Waals surface area contributed by atoms with E-state index in [-0.39, 0.29) is 18.2 Å². The Bertz CT molecular complexity index is 766. The van der Waals surface area contributed by atoms with Crippen LogP contribution in [0.1, 0.15) is 29.8 Å². The first-order valence-corrected chi connectivity index (χ1v) is 11.4. The third kappa shape index (κ3) is 5.48. The van der Waals surface area contributed by atoms with E-state index in [4.69, 9.17) is 4.42 Å². The summed E-state index contributed by atoms with van der Waals surface area (Å²) >= 11 is 0. The van der Waals surface area contributed by atoms with Gasteiger partial charge in [0.25, 0.3) is 5.91 Å². The number of aliphatic imine (C=N–C) groups is 1. The molecule has 0 aromatic carbocycles. The summed E-state index contributed by atoms with van der Waals surface area (Å²) in [6, 6.07) is 3.36. The quantitative estimate of drug-likeness (QED) is 0.495. The van der Waals surface area contributed by atoms with Crippen LogP contribution in [0.15, 0.2) is 27.8 Å². The van der Waals surface area contributed by atoms with E-state index in [0.29, 0.717) is 50.4 Å². The van der Waals surface area contributed by atoms with E-state index in [1.54, 1.807) is 24.1 Å². The molecular formula is C18H29N5O4S. The molecule has 0 spiro atoms. The van der Waals surface area contributed by atoms with Gasteiger partial charge < -0.3 is 19.5 Å². The number of hydrogen-bond acceptors (Lipinski definition) is 5. The fourth-order valence-electron chi connectivity index (χ4n) is 3.32. The minimum atomic E-state index is -3.28. The van der Waals surface area contributed by atoms with E-state index in [2.05, 4.69) is 15.0 Å². The molecule has 1 aromatic rings. The maximum Gasteiger partial charge on any atom is 0.289 e. The van der Waals surface area contributed by atoms with Gasteiger partial charge in [0.05, 0.1) is 12.0 Å². The number of guanidine groups is 1. The van der Waals surface area contributed by atoms with E-state index in [9.17, 15) is 13.2 Å². The minimum Gasteiger partial charge on any atom is -0.459 e. The van der Waals surface area contributed by atoms with Gasteiger partial charge in [-0.2, -0.15) is 0 Å². The molecule has 10 heteroatoms. The van der Waals surface area contributed by atoms with Gasteiger partial charge >= 0.3 is 0 Å². The standard InChI is InChI=1S/C18H29N5O4S/c1-19-18(20-7-13-28(25,26)21-14-15-4-2-5-15)23-10-8-22(9-11-23)17(24)16-6-3-12-27-16/h3,6,12,15,21H,2,4-5,7-11,13-14H2,1H3,(H,19,20). The van der Waals surface area contributed by atoms with Gasteiger partial charge in [-0.25, -0.2) is 13.1 Å². The first-order valence-electron chi connectivity index (χ1n) is 9.74. The van der Waals surface area contributed by atoms with E-state index < -0.39 is 10.0 Å². The Balaban J connectivity index is 1.40. The molecule has 1 amide bonds. The number of nitrogens with one attached hydrogen (secondary N) is 2. The maximum atomic E-state index is 12.3. The number of nitrogens with zero attached hydrogens (tertiary/aromatic N) is 3. The molecule has 28 heavy (non-hydrogen) atoms. The highest BCUT2D eigenvalue weighted by Gasteiger charge is 2.25. The molecule has 0 bridgehead atoms. The Kier molecular flexibility index (Phi) is 6.95. The van der Waals surface area contributed by atoms with Crippen LogP contribution in [-0.2, 0) is 10.0 Å². The summed E-state index contributed by atoms with van der Waals surface area (Å²) in [5, 5.41) is 3.12. The normalized spacial score (nSPS) is 18.8. The van der Waals surface area contributed by atoms with Gasteiger partial charge in [-0.15, -0.1) is 0 Å². The highest BCUT2D eigenvalue weighted by Crippen LogP contribution is 2.25. The predicted molar refractivity (Wildman–Crippen MR) is 107 cm³/mol. The SMILES string of the molecule is CN=C(NCCS(=O)(=O)NCC1CCC1)N1CCN(C(=O)c2ccco2)CC1. The van der Waals surface area contributed by atoms with Crippen molar-refractivity contribution in [3.63, 3.8) is 0 Å². The first kappa shape index (κ1) is 20.7. The Hall–Kier alpha value is -2.07. The molecule has 156 valence electrons. The molecule has 2 heterocycles. The second-order valence-electron chi connectivity index (χ2n) is 7.19. The molecule has 1 aromatic heterocycles. The van der Waals surface area contributed by atoms with Crippen molar-refractivity contribution in [1.82, 2.24) is 19.8 Å². The number of hydrogen-bond donors (Lipinski definition) is 2. The van der Waals surface area contributed by atoms with Crippen LogP contribution in [0.2, 0.25) is 0 Å². The summed E-state index contributed by atoms with van der Waals surface area (Å²) in [4.78, 5) is 20.3. The molecule has 1 aliphatic carbocycles. The Morgan fingerprint density at radius 1 is 1.25 bits per heavy atom. The van der Waals surface area contributed by atoms with Gasteiger partial charge in [0.1, 0.15) is 0 Å². The van der Waals surface area contributed by atoms with Crippen molar-refractivity contribution >= 4 is 21.9 Å². The lowest BCUT2D eigenvalue weighted by molar-refractivity contribution is 0.0658. The zero-order valence-electron chi connectivity index (χ0n) is 16.3. The van der Waals surface area contributed by atoms with Gasteiger partial charge in [-0.1, -0.05) is 6.42 Å². The van der Waals surface area contributed by atoms with E-state index in [1.165, 1.54) is 12.7 Å². The summed E-state index contributed by atoms with van der Waals surface area (Å²) < 4.78 is 32.0. The van der Waals surface area contributed by atoms with Gasteiger partial charge in [-0.05, 0) is 30.9 Å². The number of piperazine rings is 1. The van der Waals surface area contributed by atoms with Crippen molar-refractivity contribution in [2.75, 3.05) is 52.1 Å². The largest absolute Gasteiger partial charge is 0.459 e. The zero-order valence-corrected chi connectivity index (χ0v) is 17.1. The average molecular weight is 412 g/mol. The third-order valence-electron chi connectivity index (χ3n) is 5.28. The molecule has 1 saturated heterocycles. The number of carbonyl (C=O) groups excluding carboxylic acids is 1. The van der Waals surface area contributed by atoms with Crippen LogP contribution in [0.4, 0.5) is 0 Å². The number of furan rings is 1. The van der Waals surface area contributed by atoms with Crippen molar-refractivity contribution in [2.24, 2.45) is 10.9 Å². The van der Waals surface area contributed by atoms with E-state index in [0.717, 1.165) is 12.8 Å². The smallest absolute Gasteiger partial charge is 0.289 e. The van der Waals surface area contributed by atoms with Crippen molar-refractivity contribution in [2.45, 2.75) is 19.3 Å². The summed E-state index contributed by atoms with van der Waals surface area (Å²) in [5.41, 5.74) is 0. The number of sulfonamides is 1. The van der Waals surface area contributed by atoms with Crippen LogP contribution in [0.25, 0.3) is 0 Å². The van der Waals surface area contributed by atoms with Crippen LogP contribution in [0.5, 0.6) is 0 Å². The number of amides is 1. The Morgan fingerprint density at radius 2 is 1.96 bits per heavy atom. The molecule has 1 aliphatic heterocycles. The van der Waals surface area contributed by atoms with Crippen LogP contribution in [0, 0.1) is 5.92 Å². The van der Waals surface area contributed by atoms with Crippen LogP contribution >= 0.6 is 0 Å². The summed E-state index contributed by atoms with van der Waals surface area (Å²) in [6.45, 7) is 3.20. The zero-order chi connectivity index (χ0) is 20.0. The molecule has 2 aliphatic rings. The Morgan fingerprint density at radius 3 is 2.54 bits per heavy atom. The second kappa shape index (κ2) is 9.42. The van der Waals surface area contributed by atoms with Crippen LogP contribution < -0.4 is 10.0 Å². The summed E-state index contributed by atoms with van der Waals surface area (Å²) in [7, 11) is -1.61. The van der Waals surface area contributed by atoms with Crippen molar-refractivity contribution in [3.8, 4) is 0 Å². The van der Waals surface area contributed by atoms with Gasteiger partial charge in [-0.3, -0.25) is 9.79 Å². The molecule has 0 atom stereocenters. The van der Waals surface area contributed by atoms with Crippen LogP contribution in [-0.4, -0.2) is 82.2 Å². The molecule has 3 rings (SSSR count). The minimum absolute atomic E-state index is 0.00961. The Labute approximate surface area is 166 Å². The lowest BCUT2D eigenvalue weighted by Crippen LogP contribution is -2.54. The maximum absolute atomic E-state index is 12.3. The van der Waals surface area contributed by atoms with Crippen molar-refractivity contribution < 1.29 is 17.6 Å². The van der Waals surface area contributed by atoms with E-state index in [1.807, 2.05) is 4.90 Å². The first-order chi connectivity index (χ1) is 13.5. The number of rotatable bonds is 7. The fraction of sp³-hybridized carbons (Fsp3) is 0.667. The van der Waals surface area contributed by atoms with E-state index >= 15 is 0 Å². The molecule has 2 fully saturated rings. The topological polar surface area (TPSA) is 107 Å². The summed E-state index contributed by atoms with van der Waals surface area (Å²) in [5.74, 6) is 1.39. The third-order valence-corrected chi connectivity index (χ3v) is 6.63. The average Bonchev–Trinajstić information content (AvgIpc) is 3.18. The lowest BCUT2D eigenvalue weighted by atomic mass is 9.86. The lowest BCUT2D eigenvalue weighted by Gasteiger charge is -2.36. The molecular weight excluding hydrogens is 382 g/mol. The number of carbonyl (C=O) groups is 1. The molecule has 0 radical (unpaired) electrons. The molecule has 2 N–H and O–H groups in total. The molecule has 9 nitrogen and oxygen atoms in total. The van der Waals surface area contributed by atoms with Gasteiger partial charge in [0, 0.05) is 46.3 Å². The molecule has 0 unspecified atom stereocenters. The predicted octanol–water partition coefficient (Wildman–Crippen LogP) is 0.332. The van der Waals surface area contributed by atoms with Gasteiger partial charge in [0.15, 0.2) is 11.7 Å². The molecule has 1 saturated carbocycles. The second-order valence-corrected chi connectivity index (χ2v) is 9.12. The monoisotopic (exact) mass is 411 g/mol. The highest BCUT2D eigenvalue weighted by atomic mass is 32.2. The summed E-state index contributed by atoms with van der Waals surface area (Å²) in [6.07, 6.45) is 4.92. The highest BCUT2D eigenvalue weighted by molar-refractivity contribution is 7.89. The fourth-order valence-corrected chi connectivity index (χ4v) is 4.33. The van der Waals surface area contributed by atoms with Gasteiger partial charge in [0.2, 0.25) is 10.0 Å². The van der Waals surface area contributed by atoms with Crippen molar-refractivity contribution in [3.05, 3.63) is 24.2 Å². The van der Waals surface area contributed by atoms with Crippen LogP contribution in [0.3, 0.4) is 0 Å².